The number of Topliss-reactive ketones (excluding diaryl/α,β-unsaturated/α-hetero) is 1. The number of carbonyl (C=O) groups is 1. The van der Waals surface area contributed by atoms with E-state index in [1.165, 1.54) is 6.92 Å². The van der Waals surface area contributed by atoms with Crippen LogP contribution in [0.15, 0.2) is 42.5 Å². The molecular weight excluding hydrogens is 272 g/mol. The summed E-state index contributed by atoms with van der Waals surface area (Å²) in [4.78, 5) is 13.2. The Kier molecular flexibility index (Phi) is 4.07. The third kappa shape index (κ3) is 2.66. The van der Waals surface area contributed by atoms with Gasteiger partial charge in [0.2, 0.25) is 0 Å². The molecule has 2 aromatic carbocycles. The van der Waals surface area contributed by atoms with Crippen molar-refractivity contribution in [1.82, 2.24) is 0 Å². The van der Waals surface area contributed by atoms with Gasteiger partial charge >= 0.3 is 0 Å². The van der Waals surface area contributed by atoms with Crippen LogP contribution in [0.1, 0.15) is 22.8 Å². The van der Waals surface area contributed by atoms with E-state index < -0.39 is 0 Å². The van der Waals surface area contributed by atoms with Gasteiger partial charge in [0.15, 0.2) is 5.78 Å². The van der Waals surface area contributed by atoms with E-state index in [4.69, 9.17) is 16.9 Å². The average Bonchev–Trinajstić information content (AvgIpc) is 2.45. The SMILES string of the molecule is CC(=O)c1ccc(N(C)c2ccccc2C#N)cc1Cl. The fraction of sp³-hybridized carbons (Fsp3) is 0.125. The van der Waals surface area contributed by atoms with Crippen molar-refractivity contribution in [2.24, 2.45) is 0 Å². The number of para-hydroxylation sites is 1. The first-order valence-corrected chi connectivity index (χ1v) is 6.45. The first-order valence-electron chi connectivity index (χ1n) is 6.08. The van der Waals surface area contributed by atoms with Gasteiger partial charge in [-0.05, 0) is 37.3 Å². The average molecular weight is 285 g/mol. The molecule has 0 aliphatic heterocycles. The molecule has 100 valence electrons. The van der Waals surface area contributed by atoms with Gasteiger partial charge in [0.05, 0.1) is 16.3 Å². The van der Waals surface area contributed by atoms with Crippen molar-refractivity contribution < 1.29 is 4.79 Å². The molecule has 2 rings (SSSR count). The highest BCUT2D eigenvalue weighted by Crippen LogP contribution is 2.30. The summed E-state index contributed by atoms with van der Waals surface area (Å²) < 4.78 is 0. The maximum Gasteiger partial charge on any atom is 0.161 e. The highest BCUT2D eigenvalue weighted by Gasteiger charge is 2.12. The summed E-state index contributed by atoms with van der Waals surface area (Å²) in [6.07, 6.45) is 0. The van der Waals surface area contributed by atoms with Crippen LogP contribution in [0.4, 0.5) is 11.4 Å². The zero-order valence-electron chi connectivity index (χ0n) is 11.2. The molecule has 0 spiro atoms. The van der Waals surface area contributed by atoms with Crippen molar-refractivity contribution in [3.05, 3.63) is 58.6 Å². The van der Waals surface area contributed by atoms with Gasteiger partial charge in [0, 0.05) is 18.3 Å². The van der Waals surface area contributed by atoms with Gasteiger partial charge in [0.25, 0.3) is 0 Å². The van der Waals surface area contributed by atoms with Crippen molar-refractivity contribution in [3.8, 4) is 6.07 Å². The molecule has 2 aromatic rings. The smallest absolute Gasteiger partial charge is 0.161 e. The first-order chi connectivity index (χ1) is 9.54. The summed E-state index contributed by atoms with van der Waals surface area (Å²) in [7, 11) is 1.86. The van der Waals surface area contributed by atoms with Crippen molar-refractivity contribution in [2.45, 2.75) is 6.92 Å². The summed E-state index contributed by atoms with van der Waals surface area (Å²) in [6.45, 7) is 1.48. The van der Waals surface area contributed by atoms with E-state index in [-0.39, 0.29) is 5.78 Å². The van der Waals surface area contributed by atoms with Gasteiger partial charge in [-0.1, -0.05) is 23.7 Å². The standard InChI is InChI=1S/C16H13ClN2O/c1-11(20)14-8-7-13(9-15(14)17)19(2)16-6-4-3-5-12(16)10-18/h3-9H,1-2H3. The maximum absolute atomic E-state index is 11.4. The van der Waals surface area contributed by atoms with Gasteiger partial charge < -0.3 is 4.90 Å². The maximum atomic E-state index is 11.4. The van der Waals surface area contributed by atoms with E-state index in [9.17, 15) is 4.79 Å². The van der Waals surface area contributed by atoms with Crippen LogP contribution in [0.2, 0.25) is 5.02 Å². The fourth-order valence-corrected chi connectivity index (χ4v) is 2.31. The number of nitriles is 1. The molecular formula is C16H13ClN2O. The van der Waals surface area contributed by atoms with E-state index in [2.05, 4.69) is 6.07 Å². The Morgan fingerprint density at radius 2 is 1.95 bits per heavy atom. The Balaban J connectivity index is 2.44. The monoisotopic (exact) mass is 284 g/mol. The second-order valence-corrected chi connectivity index (χ2v) is 4.82. The lowest BCUT2D eigenvalue weighted by atomic mass is 10.1. The lowest BCUT2D eigenvalue weighted by Crippen LogP contribution is -2.11. The second-order valence-electron chi connectivity index (χ2n) is 4.41. The molecule has 0 atom stereocenters. The molecule has 3 nitrogen and oxygen atoms in total. The summed E-state index contributed by atoms with van der Waals surface area (Å²) in [6, 6.07) is 14.7. The van der Waals surface area contributed by atoms with Crippen LogP contribution in [0, 0.1) is 11.3 Å². The molecule has 0 radical (unpaired) electrons. The van der Waals surface area contributed by atoms with E-state index in [0.29, 0.717) is 16.1 Å². The molecule has 0 N–H and O–H groups in total. The van der Waals surface area contributed by atoms with E-state index in [1.807, 2.05) is 36.2 Å². The largest absolute Gasteiger partial charge is 0.344 e. The van der Waals surface area contributed by atoms with Crippen LogP contribution in [0.3, 0.4) is 0 Å². The predicted octanol–water partition coefficient (Wildman–Crippen LogP) is 4.18. The zero-order valence-corrected chi connectivity index (χ0v) is 12.0. The quantitative estimate of drug-likeness (QED) is 0.794. The first kappa shape index (κ1) is 14.1. The number of carbonyl (C=O) groups excluding carboxylic acids is 1. The number of ketones is 1. The molecule has 0 saturated heterocycles. The van der Waals surface area contributed by atoms with E-state index in [1.54, 1.807) is 18.2 Å². The normalized spacial score (nSPS) is 9.90. The number of nitrogens with zero attached hydrogens (tertiary/aromatic N) is 2. The van der Waals surface area contributed by atoms with Crippen LogP contribution >= 0.6 is 11.6 Å². The lowest BCUT2D eigenvalue weighted by molar-refractivity contribution is 0.101. The summed E-state index contributed by atoms with van der Waals surface area (Å²) >= 11 is 6.12. The van der Waals surface area contributed by atoms with E-state index >= 15 is 0 Å². The second kappa shape index (κ2) is 5.77. The van der Waals surface area contributed by atoms with Gasteiger partial charge in [-0.25, -0.2) is 0 Å². The minimum Gasteiger partial charge on any atom is -0.344 e. The van der Waals surface area contributed by atoms with Crippen molar-refractivity contribution in [3.63, 3.8) is 0 Å². The number of benzene rings is 2. The lowest BCUT2D eigenvalue weighted by Gasteiger charge is -2.21. The number of halogens is 1. The molecule has 0 amide bonds. The number of hydrogen-bond acceptors (Lipinski definition) is 3. The van der Waals surface area contributed by atoms with Crippen molar-refractivity contribution in [1.29, 1.82) is 5.26 Å². The predicted molar refractivity (Wildman–Crippen MR) is 80.7 cm³/mol. The molecule has 0 aromatic heterocycles. The minimum absolute atomic E-state index is 0.0679. The Hall–Kier alpha value is -2.31. The summed E-state index contributed by atoms with van der Waals surface area (Å²) in [5.74, 6) is -0.0679. The molecule has 0 fully saturated rings. The Morgan fingerprint density at radius 3 is 2.55 bits per heavy atom. The molecule has 20 heavy (non-hydrogen) atoms. The van der Waals surface area contributed by atoms with Gasteiger partial charge in [0.1, 0.15) is 6.07 Å². The highest BCUT2D eigenvalue weighted by atomic mass is 35.5. The highest BCUT2D eigenvalue weighted by molar-refractivity contribution is 6.34. The molecule has 0 heterocycles. The zero-order chi connectivity index (χ0) is 14.7. The Bertz CT molecular complexity index is 704. The number of anilines is 2. The van der Waals surface area contributed by atoms with Crippen LogP contribution in [0.5, 0.6) is 0 Å². The molecule has 0 bridgehead atoms. The Labute approximate surface area is 123 Å². The third-order valence-electron chi connectivity index (χ3n) is 3.11. The summed E-state index contributed by atoms with van der Waals surface area (Å²) in [5, 5.41) is 9.55. The van der Waals surface area contributed by atoms with Gasteiger partial charge in [-0.3, -0.25) is 4.79 Å². The van der Waals surface area contributed by atoms with Crippen LogP contribution < -0.4 is 4.90 Å². The topological polar surface area (TPSA) is 44.1 Å². The molecule has 0 unspecified atom stereocenters. The number of hydrogen-bond donors (Lipinski definition) is 0. The molecule has 0 saturated carbocycles. The van der Waals surface area contributed by atoms with Gasteiger partial charge in [-0.2, -0.15) is 5.26 Å². The number of rotatable bonds is 3. The van der Waals surface area contributed by atoms with Gasteiger partial charge in [-0.15, -0.1) is 0 Å². The van der Waals surface area contributed by atoms with Crippen LogP contribution in [0.25, 0.3) is 0 Å². The fourth-order valence-electron chi connectivity index (χ4n) is 2.00. The van der Waals surface area contributed by atoms with Crippen LogP contribution in [-0.4, -0.2) is 12.8 Å². The molecule has 0 aliphatic carbocycles. The van der Waals surface area contributed by atoms with Crippen molar-refractivity contribution >= 4 is 28.8 Å². The molecule has 0 aliphatic rings. The van der Waals surface area contributed by atoms with E-state index in [0.717, 1.165) is 11.4 Å². The molecule has 4 heteroatoms. The minimum atomic E-state index is -0.0679. The summed E-state index contributed by atoms with van der Waals surface area (Å²) in [5.41, 5.74) is 2.70. The van der Waals surface area contributed by atoms with Crippen molar-refractivity contribution in [2.75, 3.05) is 11.9 Å². The van der Waals surface area contributed by atoms with Crippen LogP contribution in [-0.2, 0) is 0 Å². The Morgan fingerprint density at radius 1 is 1.25 bits per heavy atom. The third-order valence-corrected chi connectivity index (χ3v) is 3.42.